The number of nitrogens with one attached hydrogen (secondary N) is 2. The molecule has 0 unspecified atom stereocenters. The minimum Gasteiger partial charge on any atom is -0.480 e. The number of aliphatic carboxylic acids is 1. The first-order chi connectivity index (χ1) is 31.8. The fourth-order valence-corrected chi connectivity index (χ4v) is 7.99. The van der Waals surface area contributed by atoms with E-state index in [9.17, 15) is 29.4 Å². The second kappa shape index (κ2) is 26.5. The maximum atomic E-state index is 12.9. The van der Waals surface area contributed by atoms with Gasteiger partial charge in [-0.1, -0.05) is 121 Å². The van der Waals surface area contributed by atoms with Gasteiger partial charge in [0, 0.05) is 5.92 Å². The molecular weight excluding hydrogens is 853 g/mol. The van der Waals surface area contributed by atoms with Crippen LogP contribution in [0.2, 0.25) is 0 Å². The lowest BCUT2D eigenvalue weighted by atomic mass is 9.80. The minimum absolute atomic E-state index is 0.0359. The van der Waals surface area contributed by atoms with Crippen LogP contribution in [-0.4, -0.2) is 96.3 Å². The van der Waals surface area contributed by atoms with Crippen molar-refractivity contribution >= 4 is 24.1 Å². The van der Waals surface area contributed by atoms with Gasteiger partial charge in [-0.3, -0.25) is 0 Å². The molecule has 0 spiro atoms. The van der Waals surface area contributed by atoms with E-state index in [1.54, 1.807) is 48.5 Å². The lowest BCUT2D eigenvalue weighted by Crippen LogP contribution is -2.47. The van der Waals surface area contributed by atoms with Gasteiger partial charge in [0.25, 0.3) is 0 Å². The van der Waals surface area contributed by atoms with Crippen molar-refractivity contribution in [3.05, 3.63) is 144 Å². The number of amides is 2. The van der Waals surface area contributed by atoms with Crippen LogP contribution in [0.4, 0.5) is 9.59 Å². The number of cyclic esters (lactones) is 1. The Balaban J connectivity index is 0.000000293. The van der Waals surface area contributed by atoms with E-state index in [4.69, 9.17) is 23.7 Å². The van der Waals surface area contributed by atoms with E-state index >= 15 is 0 Å². The van der Waals surface area contributed by atoms with Gasteiger partial charge in [-0.25, -0.2) is 19.2 Å². The standard InChI is InChI=1S/C27H37NO6.C27H35NO5/c1-19(29)23(16-21-13-9-6-10-14-21)22(15-20-11-7-5-8-12-20)17-33-18-24(25(30)31)28-26(32)34-27(2,3)4;1-19-23(16-21-13-9-6-10-14-21)22(15-20-11-7-5-8-12-20)17-31-18-24(25(29)32-19)28-26(30)33-27(2,3)4/h5-14,19,22-24,29H,15-18H2,1-4H3,(H,28,32)(H,30,31);5-14,19,22-24H,15-18H2,1-4H3,(H,28,30)/t2*19-,22-,23-,24-/m00/s1. The Morgan fingerprint density at radius 1 is 0.687 bits per heavy atom. The Labute approximate surface area is 396 Å². The normalized spacial score (nSPS) is 19.5. The lowest BCUT2D eigenvalue weighted by Gasteiger charge is -2.31. The number of carbonyl (C=O) groups excluding carboxylic acids is 3. The monoisotopic (exact) mass is 925 g/mol. The van der Waals surface area contributed by atoms with Gasteiger partial charge < -0.3 is 44.5 Å². The zero-order chi connectivity index (χ0) is 49.0. The number of carboxylic acid groups (broad SMARTS) is 1. The molecule has 1 saturated heterocycles. The summed E-state index contributed by atoms with van der Waals surface area (Å²) in [6.07, 6.45) is 0.490. The van der Waals surface area contributed by atoms with Crippen molar-refractivity contribution in [2.45, 2.75) is 117 Å². The van der Waals surface area contributed by atoms with Crippen molar-refractivity contribution in [1.29, 1.82) is 0 Å². The Kier molecular flexibility index (Phi) is 21.3. The SMILES string of the molecule is C[C@@H]1OC(=O)[C@@H](NC(=O)OC(C)(C)C)COC[C@H](Cc2ccccc2)[C@H]1Cc1ccccc1.C[C@H](O)[C@H](Cc1ccccc1)[C@H](COC[C@H](NC(=O)OC(C)(C)C)C(=O)O)Cc1ccccc1. The molecule has 0 aliphatic carbocycles. The average Bonchev–Trinajstić information content (AvgIpc) is 3.30. The molecule has 13 nitrogen and oxygen atoms in total. The zero-order valence-corrected chi connectivity index (χ0v) is 40.4. The van der Waals surface area contributed by atoms with Gasteiger partial charge in [0.15, 0.2) is 12.1 Å². The van der Waals surface area contributed by atoms with Crippen molar-refractivity contribution in [2.24, 2.45) is 23.7 Å². The van der Waals surface area contributed by atoms with Crippen molar-refractivity contribution in [1.82, 2.24) is 10.6 Å². The molecule has 1 heterocycles. The molecule has 13 heteroatoms. The summed E-state index contributed by atoms with van der Waals surface area (Å²) in [5, 5.41) is 25.1. The summed E-state index contributed by atoms with van der Waals surface area (Å²) in [4.78, 5) is 48.9. The molecule has 4 aromatic carbocycles. The summed E-state index contributed by atoms with van der Waals surface area (Å²) in [5.41, 5.74) is 3.22. The van der Waals surface area contributed by atoms with Crippen LogP contribution in [0.3, 0.4) is 0 Å². The minimum atomic E-state index is -1.24. The van der Waals surface area contributed by atoms with Gasteiger partial charge in [-0.2, -0.15) is 0 Å². The van der Waals surface area contributed by atoms with Crippen LogP contribution in [-0.2, 0) is 59.0 Å². The molecule has 5 rings (SSSR count). The quantitative estimate of drug-likeness (QED) is 0.0589. The lowest BCUT2D eigenvalue weighted by molar-refractivity contribution is -0.154. The molecule has 67 heavy (non-hydrogen) atoms. The van der Waals surface area contributed by atoms with E-state index in [1.165, 1.54) is 11.1 Å². The number of aliphatic hydroxyl groups is 1. The molecule has 1 aliphatic heterocycles. The maximum absolute atomic E-state index is 12.9. The predicted octanol–water partition coefficient (Wildman–Crippen LogP) is 8.64. The van der Waals surface area contributed by atoms with E-state index in [1.807, 2.05) is 104 Å². The Hall–Kier alpha value is -5.76. The van der Waals surface area contributed by atoms with Crippen molar-refractivity contribution < 1.29 is 53.1 Å². The van der Waals surface area contributed by atoms with Crippen LogP contribution >= 0.6 is 0 Å². The largest absolute Gasteiger partial charge is 0.480 e. The molecule has 364 valence electrons. The Morgan fingerprint density at radius 2 is 1.16 bits per heavy atom. The summed E-state index contributed by atoms with van der Waals surface area (Å²) in [6, 6.07) is 38.2. The summed E-state index contributed by atoms with van der Waals surface area (Å²) >= 11 is 0. The molecule has 0 saturated carbocycles. The highest BCUT2D eigenvalue weighted by Crippen LogP contribution is 2.29. The van der Waals surface area contributed by atoms with Crippen LogP contribution in [0.25, 0.3) is 0 Å². The third-order valence-electron chi connectivity index (χ3n) is 11.2. The highest BCUT2D eigenvalue weighted by molar-refractivity contribution is 5.82. The van der Waals surface area contributed by atoms with Crippen LogP contribution in [0.1, 0.15) is 77.6 Å². The van der Waals surface area contributed by atoms with Crippen LogP contribution in [0.5, 0.6) is 0 Å². The highest BCUT2D eigenvalue weighted by atomic mass is 16.6. The molecule has 4 N–H and O–H groups in total. The van der Waals surface area contributed by atoms with Crippen LogP contribution in [0, 0.1) is 23.7 Å². The van der Waals surface area contributed by atoms with Gasteiger partial charge in [-0.15, -0.1) is 0 Å². The van der Waals surface area contributed by atoms with Crippen molar-refractivity contribution in [2.75, 3.05) is 26.4 Å². The van der Waals surface area contributed by atoms with Gasteiger partial charge in [0.05, 0.1) is 32.5 Å². The van der Waals surface area contributed by atoms with Crippen molar-refractivity contribution in [3.8, 4) is 0 Å². The van der Waals surface area contributed by atoms with Crippen molar-refractivity contribution in [3.63, 3.8) is 0 Å². The van der Waals surface area contributed by atoms with E-state index in [0.29, 0.717) is 19.4 Å². The van der Waals surface area contributed by atoms with Gasteiger partial charge in [0.1, 0.15) is 17.3 Å². The van der Waals surface area contributed by atoms with Gasteiger partial charge in [-0.05, 0) is 121 Å². The maximum Gasteiger partial charge on any atom is 0.408 e. The number of esters is 1. The molecule has 0 bridgehead atoms. The summed E-state index contributed by atoms with van der Waals surface area (Å²) < 4.78 is 28.2. The number of aliphatic hydroxyl groups excluding tert-OH is 1. The topological polar surface area (TPSA) is 179 Å². The number of carboxylic acids is 1. The second-order valence-corrected chi connectivity index (χ2v) is 19.3. The third-order valence-corrected chi connectivity index (χ3v) is 11.2. The molecule has 1 aliphatic rings. The second-order valence-electron chi connectivity index (χ2n) is 19.3. The molecule has 1 fully saturated rings. The van der Waals surface area contributed by atoms with Gasteiger partial charge in [0.2, 0.25) is 0 Å². The van der Waals surface area contributed by atoms with E-state index in [-0.39, 0.29) is 49.6 Å². The van der Waals surface area contributed by atoms with Crippen LogP contribution in [0.15, 0.2) is 121 Å². The third kappa shape index (κ3) is 20.3. The average molecular weight is 925 g/mol. The van der Waals surface area contributed by atoms with Crippen LogP contribution < -0.4 is 10.6 Å². The molecule has 4 aromatic rings. The number of benzene rings is 4. The fourth-order valence-electron chi connectivity index (χ4n) is 7.99. The number of carbonyl (C=O) groups is 4. The van der Waals surface area contributed by atoms with Gasteiger partial charge >= 0.3 is 24.1 Å². The number of rotatable bonds is 17. The fraction of sp³-hybridized carbons (Fsp3) is 0.481. The zero-order valence-electron chi connectivity index (χ0n) is 40.4. The van der Waals surface area contributed by atoms with E-state index in [2.05, 4.69) is 34.9 Å². The highest BCUT2D eigenvalue weighted by Gasteiger charge is 2.36. The molecule has 0 aromatic heterocycles. The summed E-state index contributed by atoms with van der Waals surface area (Å²) in [7, 11) is 0. The Morgan fingerprint density at radius 3 is 1.66 bits per heavy atom. The molecule has 0 radical (unpaired) electrons. The number of ether oxygens (including phenoxy) is 5. The predicted molar refractivity (Wildman–Crippen MR) is 257 cm³/mol. The first kappa shape index (κ1) is 53.9. The van der Waals surface area contributed by atoms with E-state index in [0.717, 1.165) is 24.0 Å². The number of hydrogen-bond donors (Lipinski definition) is 4. The first-order valence-electron chi connectivity index (χ1n) is 23.2. The molecule has 2 amide bonds. The molecule has 8 atom stereocenters. The van der Waals surface area contributed by atoms with E-state index < -0.39 is 53.5 Å². The first-order valence-corrected chi connectivity index (χ1v) is 23.2. The smallest absolute Gasteiger partial charge is 0.408 e. The number of alkyl carbamates (subject to hydrolysis) is 2. The Bertz CT molecular complexity index is 2070. The summed E-state index contributed by atoms with van der Waals surface area (Å²) in [6.45, 7) is 14.7. The number of hydrogen-bond acceptors (Lipinski definition) is 10. The summed E-state index contributed by atoms with van der Waals surface area (Å²) in [5.74, 6) is -1.70. The molecular formula is C54H72N2O11.